The fourth-order valence-electron chi connectivity index (χ4n) is 1.48. The number of carbonyl (C=O) groups is 1. The maximum absolute atomic E-state index is 13.3. The first-order valence-corrected chi connectivity index (χ1v) is 5.39. The van der Waals surface area contributed by atoms with E-state index in [9.17, 15) is 22.4 Å². The Morgan fingerprint density at radius 2 is 1.55 bits per heavy atom. The molecule has 0 atom stereocenters. The zero-order chi connectivity index (χ0) is 14.9. The molecule has 0 heterocycles. The van der Waals surface area contributed by atoms with Gasteiger partial charge in [-0.2, -0.15) is 0 Å². The van der Waals surface area contributed by atoms with E-state index in [0.717, 1.165) is 12.1 Å². The minimum Gasteiger partial charge on any atom is -0.396 e. The van der Waals surface area contributed by atoms with Crippen LogP contribution in [0.15, 0.2) is 30.3 Å². The zero-order valence-electron chi connectivity index (χ0n) is 9.88. The van der Waals surface area contributed by atoms with Gasteiger partial charge in [-0.1, -0.05) is 0 Å². The average molecular weight is 284 g/mol. The monoisotopic (exact) mass is 284 g/mol. The third-order valence-electron chi connectivity index (χ3n) is 2.52. The minimum absolute atomic E-state index is 0.138. The van der Waals surface area contributed by atoms with Crippen LogP contribution in [-0.2, 0) is 0 Å². The molecule has 0 saturated carbocycles. The first-order chi connectivity index (χ1) is 9.38. The van der Waals surface area contributed by atoms with Crippen LogP contribution in [0.4, 0.5) is 28.9 Å². The van der Waals surface area contributed by atoms with Crippen LogP contribution in [-0.4, -0.2) is 5.91 Å². The molecule has 2 rings (SSSR count). The number of benzene rings is 2. The Hall–Kier alpha value is -2.57. The highest BCUT2D eigenvalue weighted by atomic mass is 19.2. The summed E-state index contributed by atoms with van der Waals surface area (Å²) in [5.41, 5.74) is 4.40. The topological polar surface area (TPSA) is 55.1 Å². The molecular weight excluding hydrogens is 276 g/mol. The number of nitrogen functional groups attached to an aromatic ring is 1. The normalized spacial score (nSPS) is 10.4. The SMILES string of the molecule is Nc1ccc(C(=O)Nc2cc(F)c(F)cc2F)cc1F. The predicted octanol–water partition coefficient (Wildman–Crippen LogP) is 3.08. The van der Waals surface area contributed by atoms with Crippen molar-refractivity contribution in [3.8, 4) is 0 Å². The molecule has 3 nitrogen and oxygen atoms in total. The van der Waals surface area contributed by atoms with Gasteiger partial charge in [0.05, 0.1) is 11.4 Å². The quantitative estimate of drug-likeness (QED) is 0.506. The van der Waals surface area contributed by atoms with Crippen molar-refractivity contribution in [3.05, 3.63) is 59.2 Å². The zero-order valence-corrected chi connectivity index (χ0v) is 9.88. The average Bonchev–Trinajstić information content (AvgIpc) is 2.39. The van der Waals surface area contributed by atoms with Crippen LogP contribution >= 0.6 is 0 Å². The maximum Gasteiger partial charge on any atom is 0.255 e. The molecule has 104 valence electrons. The molecule has 0 bridgehead atoms. The first kappa shape index (κ1) is 13.9. The molecule has 2 aromatic carbocycles. The number of hydrogen-bond acceptors (Lipinski definition) is 2. The van der Waals surface area contributed by atoms with Gasteiger partial charge >= 0.3 is 0 Å². The molecule has 0 unspecified atom stereocenters. The largest absolute Gasteiger partial charge is 0.396 e. The van der Waals surface area contributed by atoms with Gasteiger partial charge in [0.15, 0.2) is 11.6 Å². The van der Waals surface area contributed by atoms with Gasteiger partial charge in [-0.05, 0) is 18.2 Å². The predicted molar refractivity (Wildman–Crippen MR) is 65.1 cm³/mol. The van der Waals surface area contributed by atoms with Crippen molar-refractivity contribution >= 4 is 17.3 Å². The van der Waals surface area contributed by atoms with Crippen LogP contribution in [0.3, 0.4) is 0 Å². The lowest BCUT2D eigenvalue weighted by Crippen LogP contribution is -2.14. The Labute approximate surface area is 111 Å². The number of nitrogens with two attached hydrogens (primary N) is 1. The van der Waals surface area contributed by atoms with E-state index in [1.165, 1.54) is 6.07 Å². The third-order valence-corrected chi connectivity index (χ3v) is 2.52. The van der Waals surface area contributed by atoms with Gasteiger partial charge in [-0.3, -0.25) is 4.79 Å². The van der Waals surface area contributed by atoms with Crippen LogP contribution in [0, 0.1) is 23.3 Å². The van der Waals surface area contributed by atoms with E-state index in [0.29, 0.717) is 12.1 Å². The van der Waals surface area contributed by atoms with E-state index < -0.39 is 34.9 Å². The highest BCUT2D eigenvalue weighted by molar-refractivity contribution is 6.04. The Bertz CT molecular complexity index is 688. The second kappa shape index (κ2) is 5.20. The highest BCUT2D eigenvalue weighted by Gasteiger charge is 2.14. The molecule has 0 fully saturated rings. The summed E-state index contributed by atoms with van der Waals surface area (Å²) >= 11 is 0. The maximum atomic E-state index is 13.3. The number of hydrogen-bond donors (Lipinski definition) is 2. The van der Waals surface area contributed by atoms with Crippen molar-refractivity contribution in [3.63, 3.8) is 0 Å². The number of halogens is 4. The lowest BCUT2D eigenvalue weighted by atomic mass is 10.1. The number of amides is 1. The summed E-state index contributed by atoms with van der Waals surface area (Å²) in [7, 11) is 0. The van der Waals surface area contributed by atoms with Gasteiger partial charge in [0, 0.05) is 17.7 Å². The Kier molecular flexibility index (Phi) is 3.60. The lowest BCUT2D eigenvalue weighted by Gasteiger charge is -2.07. The highest BCUT2D eigenvalue weighted by Crippen LogP contribution is 2.20. The van der Waals surface area contributed by atoms with Gasteiger partial charge < -0.3 is 11.1 Å². The van der Waals surface area contributed by atoms with Crippen molar-refractivity contribution in [1.29, 1.82) is 0 Å². The van der Waals surface area contributed by atoms with Gasteiger partial charge in [-0.15, -0.1) is 0 Å². The Morgan fingerprint density at radius 3 is 2.20 bits per heavy atom. The smallest absolute Gasteiger partial charge is 0.255 e. The van der Waals surface area contributed by atoms with Crippen molar-refractivity contribution in [2.45, 2.75) is 0 Å². The summed E-state index contributed by atoms with van der Waals surface area (Å²) in [6.45, 7) is 0. The molecule has 0 aliphatic rings. The summed E-state index contributed by atoms with van der Waals surface area (Å²) < 4.78 is 52.2. The van der Waals surface area contributed by atoms with Crippen molar-refractivity contribution in [1.82, 2.24) is 0 Å². The van der Waals surface area contributed by atoms with Crippen molar-refractivity contribution in [2.24, 2.45) is 0 Å². The molecule has 2 aromatic rings. The molecule has 0 spiro atoms. The number of carbonyl (C=O) groups excluding carboxylic acids is 1. The summed E-state index contributed by atoms with van der Waals surface area (Å²) in [6.07, 6.45) is 0. The summed E-state index contributed by atoms with van der Waals surface area (Å²) in [4.78, 5) is 11.7. The Balaban J connectivity index is 2.27. The standard InChI is InChI=1S/C13H8F4N2O/c14-7-4-10(17)12(5-8(7)15)19-13(20)6-1-2-11(18)9(16)3-6/h1-5H,18H2,(H,19,20). The fraction of sp³-hybridized carbons (Fsp3) is 0. The molecule has 20 heavy (non-hydrogen) atoms. The summed E-state index contributed by atoms with van der Waals surface area (Å²) in [6, 6.07) is 4.02. The van der Waals surface area contributed by atoms with Crippen LogP contribution in [0.25, 0.3) is 0 Å². The van der Waals surface area contributed by atoms with Crippen LogP contribution in [0.1, 0.15) is 10.4 Å². The summed E-state index contributed by atoms with van der Waals surface area (Å²) in [5, 5.41) is 2.01. The number of nitrogens with one attached hydrogen (secondary N) is 1. The van der Waals surface area contributed by atoms with E-state index in [-0.39, 0.29) is 11.3 Å². The minimum atomic E-state index is -1.38. The lowest BCUT2D eigenvalue weighted by molar-refractivity contribution is 0.102. The second-order valence-corrected chi connectivity index (χ2v) is 3.94. The Morgan fingerprint density at radius 1 is 0.900 bits per heavy atom. The van der Waals surface area contributed by atoms with Gasteiger partial charge in [0.25, 0.3) is 5.91 Å². The van der Waals surface area contributed by atoms with Gasteiger partial charge in [0.2, 0.25) is 0 Å². The fourth-order valence-corrected chi connectivity index (χ4v) is 1.48. The number of rotatable bonds is 2. The molecule has 0 radical (unpaired) electrons. The molecule has 3 N–H and O–H groups in total. The van der Waals surface area contributed by atoms with Crippen LogP contribution < -0.4 is 11.1 Å². The first-order valence-electron chi connectivity index (χ1n) is 5.39. The second-order valence-electron chi connectivity index (χ2n) is 3.94. The van der Waals surface area contributed by atoms with Crippen LogP contribution in [0.2, 0.25) is 0 Å². The van der Waals surface area contributed by atoms with Gasteiger partial charge in [-0.25, -0.2) is 17.6 Å². The van der Waals surface area contributed by atoms with E-state index in [1.807, 2.05) is 5.32 Å². The van der Waals surface area contributed by atoms with Crippen LogP contribution in [0.5, 0.6) is 0 Å². The van der Waals surface area contributed by atoms with Gasteiger partial charge in [0.1, 0.15) is 11.6 Å². The molecule has 0 aliphatic heterocycles. The molecule has 7 heteroatoms. The third kappa shape index (κ3) is 2.71. The molecule has 0 saturated heterocycles. The number of anilines is 2. The van der Waals surface area contributed by atoms with E-state index in [4.69, 9.17) is 5.73 Å². The summed E-state index contributed by atoms with van der Waals surface area (Å²) in [5.74, 6) is -5.53. The van der Waals surface area contributed by atoms with E-state index in [2.05, 4.69) is 0 Å². The van der Waals surface area contributed by atoms with Crippen molar-refractivity contribution in [2.75, 3.05) is 11.1 Å². The molecule has 0 aromatic heterocycles. The molecular formula is C13H8F4N2O. The van der Waals surface area contributed by atoms with E-state index in [1.54, 1.807) is 0 Å². The molecule has 0 aliphatic carbocycles. The molecule has 1 amide bonds. The van der Waals surface area contributed by atoms with Crippen molar-refractivity contribution < 1.29 is 22.4 Å². The van der Waals surface area contributed by atoms with E-state index >= 15 is 0 Å².